The van der Waals surface area contributed by atoms with E-state index in [4.69, 9.17) is 9.72 Å². The minimum atomic E-state index is 0.337. The molecule has 0 saturated carbocycles. The first-order chi connectivity index (χ1) is 11.6. The molecule has 7 heteroatoms. The lowest BCUT2D eigenvalue weighted by Gasteiger charge is -2.33. The molecule has 3 heterocycles. The topological polar surface area (TPSA) is 64.0 Å². The molecule has 3 rings (SSSR count). The Morgan fingerprint density at radius 2 is 2.08 bits per heavy atom. The molecule has 1 fully saturated rings. The van der Waals surface area contributed by atoms with Crippen LogP contribution in [-0.4, -0.2) is 39.6 Å². The second-order valence-electron chi connectivity index (χ2n) is 6.38. The fraction of sp³-hybridized carbons (Fsp3) is 0.529. The van der Waals surface area contributed by atoms with Crippen molar-refractivity contribution in [3.8, 4) is 6.01 Å². The molecular weight excluding hydrogens is 370 g/mol. The van der Waals surface area contributed by atoms with Crippen molar-refractivity contribution >= 4 is 21.7 Å². The second kappa shape index (κ2) is 7.88. The third-order valence-electron chi connectivity index (χ3n) is 4.06. The van der Waals surface area contributed by atoms with Crippen molar-refractivity contribution in [2.45, 2.75) is 32.6 Å². The van der Waals surface area contributed by atoms with E-state index in [-0.39, 0.29) is 0 Å². The molecule has 0 N–H and O–H groups in total. The first kappa shape index (κ1) is 17.1. The van der Waals surface area contributed by atoms with E-state index in [2.05, 4.69) is 49.6 Å². The Labute approximate surface area is 150 Å². The van der Waals surface area contributed by atoms with Gasteiger partial charge >= 0.3 is 6.01 Å². The van der Waals surface area contributed by atoms with Gasteiger partial charge in [-0.25, -0.2) is 19.9 Å². The van der Waals surface area contributed by atoms with Gasteiger partial charge in [-0.3, -0.25) is 0 Å². The Kier molecular flexibility index (Phi) is 5.60. The van der Waals surface area contributed by atoms with E-state index in [0.717, 1.165) is 42.0 Å². The van der Waals surface area contributed by atoms with Crippen molar-refractivity contribution in [1.82, 2.24) is 19.9 Å². The highest BCUT2D eigenvalue weighted by molar-refractivity contribution is 9.10. The molecule has 1 saturated heterocycles. The predicted molar refractivity (Wildman–Crippen MR) is 96.3 cm³/mol. The molecule has 0 bridgehead atoms. The van der Waals surface area contributed by atoms with E-state index in [0.29, 0.717) is 24.5 Å². The number of rotatable bonds is 5. The van der Waals surface area contributed by atoms with E-state index in [1.807, 2.05) is 12.3 Å². The quantitative estimate of drug-likeness (QED) is 0.777. The number of anilines is 1. The van der Waals surface area contributed by atoms with Crippen LogP contribution in [0, 0.1) is 5.92 Å². The van der Waals surface area contributed by atoms with Gasteiger partial charge in [-0.15, -0.1) is 0 Å². The maximum atomic E-state index is 5.74. The highest BCUT2D eigenvalue weighted by Gasteiger charge is 2.22. The van der Waals surface area contributed by atoms with Gasteiger partial charge in [-0.2, -0.15) is 0 Å². The van der Waals surface area contributed by atoms with E-state index in [9.17, 15) is 0 Å². The number of aromatic nitrogens is 4. The number of ether oxygens (including phenoxy) is 1. The van der Waals surface area contributed by atoms with Gasteiger partial charge in [-0.05, 0) is 34.8 Å². The molecule has 1 atom stereocenters. The fourth-order valence-electron chi connectivity index (χ4n) is 2.79. The van der Waals surface area contributed by atoms with Gasteiger partial charge in [0.2, 0.25) is 0 Å². The minimum absolute atomic E-state index is 0.337. The highest BCUT2D eigenvalue weighted by Crippen LogP contribution is 2.23. The summed E-state index contributed by atoms with van der Waals surface area (Å²) in [7, 11) is 0. The number of piperidine rings is 1. The van der Waals surface area contributed by atoms with Crippen molar-refractivity contribution in [1.29, 1.82) is 0 Å². The van der Waals surface area contributed by atoms with Gasteiger partial charge in [-0.1, -0.05) is 13.8 Å². The van der Waals surface area contributed by atoms with Crippen LogP contribution in [0.3, 0.4) is 0 Å². The van der Waals surface area contributed by atoms with Crippen LogP contribution in [0.5, 0.6) is 6.01 Å². The lowest BCUT2D eigenvalue weighted by atomic mass is 9.99. The van der Waals surface area contributed by atoms with Crippen LogP contribution in [0.4, 0.5) is 5.82 Å². The summed E-state index contributed by atoms with van der Waals surface area (Å²) >= 11 is 3.32. The third-order valence-corrected chi connectivity index (χ3v) is 4.47. The predicted octanol–water partition coefficient (Wildman–Crippen LogP) is 3.45. The van der Waals surface area contributed by atoms with Gasteiger partial charge in [0.1, 0.15) is 11.6 Å². The van der Waals surface area contributed by atoms with Gasteiger partial charge in [0.25, 0.3) is 0 Å². The molecule has 0 aliphatic carbocycles. The number of hydrogen-bond acceptors (Lipinski definition) is 6. The molecule has 1 aliphatic heterocycles. The minimum Gasteiger partial charge on any atom is -0.463 e. The van der Waals surface area contributed by atoms with Crippen molar-refractivity contribution in [2.75, 3.05) is 24.6 Å². The van der Waals surface area contributed by atoms with Crippen LogP contribution in [0.1, 0.15) is 38.4 Å². The molecule has 128 valence electrons. The fourth-order valence-corrected chi connectivity index (χ4v) is 3.00. The smallest absolute Gasteiger partial charge is 0.316 e. The first-order valence-electron chi connectivity index (χ1n) is 8.30. The summed E-state index contributed by atoms with van der Waals surface area (Å²) in [6, 6.07) is 2.42. The molecule has 0 amide bonds. The summed E-state index contributed by atoms with van der Waals surface area (Å²) in [6.45, 7) is 6.82. The molecule has 0 radical (unpaired) electrons. The van der Waals surface area contributed by atoms with Crippen LogP contribution >= 0.6 is 15.9 Å². The maximum absolute atomic E-state index is 5.74. The summed E-state index contributed by atoms with van der Waals surface area (Å²) in [6.07, 6.45) is 7.53. The van der Waals surface area contributed by atoms with Crippen LogP contribution < -0.4 is 9.64 Å². The zero-order chi connectivity index (χ0) is 16.9. The number of nitrogens with zero attached hydrogens (tertiary/aromatic N) is 5. The van der Waals surface area contributed by atoms with E-state index < -0.39 is 0 Å². The van der Waals surface area contributed by atoms with Crippen molar-refractivity contribution in [2.24, 2.45) is 5.92 Å². The van der Waals surface area contributed by atoms with Gasteiger partial charge in [0.15, 0.2) is 0 Å². The summed E-state index contributed by atoms with van der Waals surface area (Å²) in [5, 5.41) is 0. The SMILES string of the molecule is CC(C)c1nccc(N2CCCC(COc3ncc(Br)cn3)C2)n1. The molecule has 6 nitrogen and oxygen atoms in total. The van der Waals surface area contributed by atoms with Crippen molar-refractivity contribution in [3.63, 3.8) is 0 Å². The van der Waals surface area contributed by atoms with Gasteiger partial charge < -0.3 is 9.64 Å². The standard InChI is InChI=1S/C17H22BrN5O/c1-12(2)16-19-6-5-15(22-16)23-7-3-4-13(10-23)11-24-17-20-8-14(18)9-21-17/h5-6,8-9,12-13H,3-4,7,10-11H2,1-2H3. The Morgan fingerprint density at radius 3 is 2.83 bits per heavy atom. The Balaban J connectivity index is 1.59. The molecular formula is C17H22BrN5O. The lowest BCUT2D eigenvalue weighted by Crippen LogP contribution is -2.38. The average molecular weight is 392 g/mol. The zero-order valence-electron chi connectivity index (χ0n) is 14.0. The first-order valence-corrected chi connectivity index (χ1v) is 9.09. The zero-order valence-corrected chi connectivity index (χ0v) is 15.6. The van der Waals surface area contributed by atoms with E-state index >= 15 is 0 Å². The van der Waals surface area contributed by atoms with Crippen LogP contribution in [0.15, 0.2) is 29.1 Å². The largest absolute Gasteiger partial charge is 0.463 e. The van der Waals surface area contributed by atoms with E-state index in [1.165, 1.54) is 0 Å². The normalized spacial score (nSPS) is 18.0. The molecule has 2 aromatic rings. The Bertz CT molecular complexity index is 664. The molecule has 24 heavy (non-hydrogen) atoms. The number of hydrogen-bond donors (Lipinski definition) is 0. The van der Waals surface area contributed by atoms with Gasteiger partial charge in [0, 0.05) is 43.5 Å². The van der Waals surface area contributed by atoms with Gasteiger partial charge in [0.05, 0.1) is 11.1 Å². The summed E-state index contributed by atoms with van der Waals surface area (Å²) < 4.78 is 6.59. The summed E-state index contributed by atoms with van der Waals surface area (Å²) in [5.74, 6) is 2.69. The van der Waals surface area contributed by atoms with Crippen LogP contribution in [0.25, 0.3) is 0 Å². The van der Waals surface area contributed by atoms with E-state index in [1.54, 1.807) is 12.4 Å². The number of halogens is 1. The monoisotopic (exact) mass is 391 g/mol. The second-order valence-corrected chi connectivity index (χ2v) is 7.29. The summed E-state index contributed by atoms with van der Waals surface area (Å²) in [4.78, 5) is 19.7. The lowest BCUT2D eigenvalue weighted by molar-refractivity contribution is 0.213. The van der Waals surface area contributed by atoms with Crippen molar-refractivity contribution < 1.29 is 4.74 Å². The van der Waals surface area contributed by atoms with Crippen LogP contribution in [0.2, 0.25) is 0 Å². The van der Waals surface area contributed by atoms with Crippen LogP contribution in [-0.2, 0) is 0 Å². The molecule has 2 aromatic heterocycles. The third kappa shape index (κ3) is 4.41. The highest BCUT2D eigenvalue weighted by atomic mass is 79.9. The maximum Gasteiger partial charge on any atom is 0.316 e. The summed E-state index contributed by atoms with van der Waals surface area (Å²) in [5.41, 5.74) is 0. The Hall–Kier alpha value is -1.76. The molecule has 1 aliphatic rings. The Morgan fingerprint density at radius 1 is 1.29 bits per heavy atom. The molecule has 0 spiro atoms. The molecule has 1 unspecified atom stereocenters. The average Bonchev–Trinajstić information content (AvgIpc) is 2.61. The molecule has 0 aromatic carbocycles. The van der Waals surface area contributed by atoms with Crippen molar-refractivity contribution in [3.05, 3.63) is 35.0 Å².